The molecule has 2 aliphatic rings. The predicted octanol–water partition coefficient (Wildman–Crippen LogP) is 3.64. The fraction of sp³-hybridized carbons (Fsp3) is 0.400. The molecule has 2 aliphatic heterocycles. The van der Waals surface area contributed by atoms with Crippen molar-refractivity contribution in [1.82, 2.24) is 14.9 Å². The van der Waals surface area contributed by atoms with Gasteiger partial charge in [0.05, 0.1) is 24.1 Å². The Morgan fingerprint density at radius 2 is 1.88 bits per heavy atom. The monoisotopic (exact) mass is 432 g/mol. The van der Waals surface area contributed by atoms with E-state index in [0.717, 1.165) is 41.1 Å². The molecule has 166 valence electrons. The Morgan fingerprint density at radius 1 is 1.12 bits per heavy atom. The minimum absolute atomic E-state index is 0.000900. The predicted molar refractivity (Wildman–Crippen MR) is 123 cm³/mol. The van der Waals surface area contributed by atoms with Gasteiger partial charge in [-0.05, 0) is 61.7 Å². The number of hydrogen-bond acceptors (Lipinski definition) is 4. The summed E-state index contributed by atoms with van der Waals surface area (Å²) in [5.41, 5.74) is 4.08. The molecular formula is C25H28N4O3. The van der Waals surface area contributed by atoms with Crippen LogP contribution in [0.4, 0.5) is 5.69 Å². The van der Waals surface area contributed by atoms with Gasteiger partial charge in [0.1, 0.15) is 11.6 Å². The number of aryl methyl sites for hydroxylation is 1. The number of carbonyl (C=O) groups is 2. The lowest BCUT2D eigenvalue weighted by atomic mass is 9.95. The number of benzene rings is 2. The number of hydrogen-bond donors (Lipinski definition) is 1. The fourth-order valence-electron chi connectivity index (χ4n) is 4.85. The molecule has 7 nitrogen and oxygen atoms in total. The minimum atomic E-state index is -0.282. The fourth-order valence-corrected chi connectivity index (χ4v) is 4.85. The summed E-state index contributed by atoms with van der Waals surface area (Å²) >= 11 is 0. The molecule has 7 heteroatoms. The zero-order chi connectivity index (χ0) is 22.2. The van der Waals surface area contributed by atoms with Gasteiger partial charge in [-0.2, -0.15) is 0 Å². The summed E-state index contributed by atoms with van der Waals surface area (Å²) in [5, 5.41) is 0. The van der Waals surface area contributed by atoms with E-state index in [2.05, 4.69) is 30.1 Å². The van der Waals surface area contributed by atoms with Crippen molar-refractivity contribution in [1.29, 1.82) is 0 Å². The molecule has 32 heavy (non-hydrogen) atoms. The number of nitrogens with one attached hydrogen (secondary N) is 1. The van der Waals surface area contributed by atoms with E-state index >= 15 is 0 Å². The summed E-state index contributed by atoms with van der Waals surface area (Å²) in [6, 6.07) is 13.6. The normalized spacial score (nSPS) is 19.7. The Balaban J connectivity index is 1.21. The standard InChI is InChI=1S/C25H28N4O3/c1-16-3-8-21-22(13-16)27-24(26-21)17-9-11-28(12-10-17)25(31)18-14-23(30)29(15-18)19-4-6-20(32-2)7-5-19/h3-8,13,17-18H,9-12,14-15H2,1-2H3,(H,26,27). The number of imidazole rings is 1. The molecule has 1 aromatic heterocycles. The first-order valence-corrected chi connectivity index (χ1v) is 11.2. The number of rotatable bonds is 4. The van der Waals surface area contributed by atoms with Crippen molar-refractivity contribution < 1.29 is 14.3 Å². The maximum absolute atomic E-state index is 13.1. The van der Waals surface area contributed by atoms with Crippen molar-refractivity contribution in [2.24, 2.45) is 5.92 Å². The Morgan fingerprint density at radius 3 is 2.59 bits per heavy atom. The number of piperidine rings is 1. The molecule has 1 atom stereocenters. The second-order valence-corrected chi connectivity index (χ2v) is 8.85. The highest BCUT2D eigenvalue weighted by Crippen LogP contribution is 2.31. The topological polar surface area (TPSA) is 78.5 Å². The zero-order valence-corrected chi connectivity index (χ0v) is 18.5. The second kappa shape index (κ2) is 8.30. The lowest BCUT2D eigenvalue weighted by Gasteiger charge is -2.32. The molecule has 2 aromatic carbocycles. The van der Waals surface area contributed by atoms with Gasteiger partial charge in [-0.3, -0.25) is 9.59 Å². The van der Waals surface area contributed by atoms with Gasteiger partial charge in [0.25, 0.3) is 0 Å². The van der Waals surface area contributed by atoms with E-state index in [1.807, 2.05) is 29.2 Å². The van der Waals surface area contributed by atoms with Crippen LogP contribution in [0.1, 0.15) is 36.6 Å². The number of aromatic amines is 1. The second-order valence-electron chi connectivity index (χ2n) is 8.85. The number of ether oxygens (including phenoxy) is 1. The first kappa shape index (κ1) is 20.5. The van der Waals surface area contributed by atoms with Crippen molar-refractivity contribution >= 4 is 28.5 Å². The summed E-state index contributed by atoms with van der Waals surface area (Å²) < 4.78 is 5.19. The zero-order valence-electron chi connectivity index (χ0n) is 18.5. The number of methoxy groups -OCH3 is 1. The molecule has 5 rings (SSSR count). The van der Waals surface area contributed by atoms with E-state index in [1.165, 1.54) is 5.56 Å². The van der Waals surface area contributed by atoms with Crippen LogP contribution < -0.4 is 9.64 Å². The van der Waals surface area contributed by atoms with Gasteiger partial charge >= 0.3 is 0 Å². The molecule has 3 aromatic rings. The number of carbonyl (C=O) groups excluding carboxylic acids is 2. The largest absolute Gasteiger partial charge is 0.497 e. The van der Waals surface area contributed by atoms with Crippen molar-refractivity contribution in [3.8, 4) is 5.75 Å². The summed E-state index contributed by atoms with van der Waals surface area (Å²) in [4.78, 5) is 37.6. The first-order chi connectivity index (χ1) is 15.5. The highest BCUT2D eigenvalue weighted by atomic mass is 16.5. The average Bonchev–Trinajstić information content (AvgIpc) is 3.42. The molecule has 0 aliphatic carbocycles. The summed E-state index contributed by atoms with van der Waals surface area (Å²) in [7, 11) is 1.61. The molecule has 2 fully saturated rings. The van der Waals surface area contributed by atoms with Crippen molar-refractivity contribution in [2.45, 2.75) is 32.1 Å². The first-order valence-electron chi connectivity index (χ1n) is 11.2. The van der Waals surface area contributed by atoms with Crippen molar-refractivity contribution in [3.05, 3.63) is 53.9 Å². The van der Waals surface area contributed by atoms with Crippen LogP contribution in [0.3, 0.4) is 0 Å². The number of fused-ring (bicyclic) bond motifs is 1. The molecular weight excluding hydrogens is 404 g/mol. The molecule has 1 unspecified atom stereocenters. The third-order valence-corrected chi connectivity index (χ3v) is 6.71. The molecule has 3 heterocycles. The Labute approximate surface area is 187 Å². The lowest BCUT2D eigenvalue weighted by molar-refractivity contribution is -0.136. The summed E-state index contributed by atoms with van der Waals surface area (Å²) in [6.07, 6.45) is 2.04. The lowest BCUT2D eigenvalue weighted by Crippen LogP contribution is -2.42. The molecule has 2 amide bonds. The molecule has 2 saturated heterocycles. The van der Waals surface area contributed by atoms with E-state index in [4.69, 9.17) is 9.72 Å². The van der Waals surface area contributed by atoms with Crippen LogP contribution in [-0.4, -0.2) is 53.4 Å². The Hall–Kier alpha value is -3.35. The highest BCUT2D eigenvalue weighted by molar-refractivity contribution is 6.00. The van der Waals surface area contributed by atoms with Crippen LogP contribution >= 0.6 is 0 Å². The number of H-pyrrole nitrogens is 1. The van der Waals surface area contributed by atoms with Crippen LogP contribution in [0.2, 0.25) is 0 Å². The molecule has 0 saturated carbocycles. The quantitative estimate of drug-likeness (QED) is 0.683. The van der Waals surface area contributed by atoms with Gasteiger partial charge < -0.3 is 19.5 Å². The van der Waals surface area contributed by atoms with Gasteiger partial charge in [-0.15, -0.1) is 0 Å². The highest BCUT2D eigenvalue weighted by Gasteiger charge is 2.38. The minimum Gasteiger partial charge on any atom is -0.497 e. The average molecular weight is 433 g/mol. The maximum atomic E-state index is 13.1. The van der Waals surface area contributed by atoms with E-state index in [-0.39, 0.29) is 24.2 Å². The van der Waals surface area contributed by atoms with Crippen LogP contribution in [0, 0.1) is 12.8 Å². The van der Waals surface area contributed by atoms with Gasteiger partial charge in [0.15, 0.2) is 0 Å². The molecule has 0 radical (unpaired) electrons. The molecule has 1 N–H and O–H groups in total. The van der Waals surface area contributed by atoms with E-state index in [9.17, 15) is 9.59 Å². The van der Waals surface area contributed by atoms with Crippen LogP contribution in [0.15, 0.2) is 42.5 Å². The number of aromatic nitrogens is 2. The van der Waals surface area contributed by atoms with Crippen LogP contribution in [0.5, 0.6) is 5.75 Å². The van der Waals surface area contributed by atoms with Gasteiger partial charge in [-0.25, -0.2) is 4.98 Å². The van der Waals surface area contributed by atoms with Crippen molar-refractivity contribution in [2.75, 3.05) is 31.6 Å². The van der Waals surface area contributed by atoms with Gasteiger partial charge in [-0.1, -0.05) is 6.07 Å². The SMILES string of the molecule is COc1ccc(N2CC(C(=O)N3CCC(c4nc5ccc(C)cc5[nH]4)CC3)CC2=O)cc1. The number of likely N-dealkylation sites (tertiary alicyclic amines) is 1. The van der Waals surface area contributed by atoms with Crippen molar-refractivity contribution in [3.63, 3.8) is 0 Å². The Bertz CT molecular complexity index is 1150. The van der Waals surface area contributed by atoms with E-state index < -0.39 is 0 Å². The van der Waals surface area contributed by atoms with Crippen LogP contribution in [0.25, 0.3) is 11.0 Å². The van der Waals surface area contributed by atoms with Gasteiger partial charge in [0.2, 0.25) is 11.8 Å². The van der Waals surface area contributed by atoms with E-state index in [1.54, 1.807) is 12.0 Å². The summed E-state index contributed by atoms with van der Waals surface area (Å²) in [6.45, 7) is 3.92. The molecule has 0 spiro atoms. The number of amides is 2. The maximum Gasteiger partial charge on any atom is 0.228 e. The Kier molecular flexibility index (Phi) is 5.33. The third kappa shape index (κ3) is 3.83. The number of nitrogens with zero attached hydrogens (tertiary/aromatic N) is 3. The number of anilines is 1. The third-order valence-electron chi connectivity index (χ3n) is 6.71. The van der Waals surface area contributed by atoms with E-state index in [0.29, 0.717) is 25.6 Å². The smallest absolute Gasteiger partial charge is 0.228 e. The van der Waals surface area contributed by atoms with Crippen LogP contribution in [-0.2, 0) is 9.59 Å². The van der Waals surface area contributed by atoms with Gasteiger partial charge in [0, 0.05) is 37.7 Å². The summed E-state index contributed by atoms with van der Waals surface area (Å²) in [5.74, 6) is 1.90. The molecule has 0 bridgehead atoms.